The molecule has 0 N–H and O–H groups in total. The summed E-state index contributed by atoms with van der Waals surface area (Å²) >= 11 is 5.99. The van der Waals surface area contributed by atoms with E-state index in [1.165, 1.54) is 19.3 Å². The van der Waals surface area contributed by atoms with Gasteiger partial charge in [0.05, 0.1) is 0 Å². The van der Waals surface area contributed by atoms with Crippen LogP contribution in [0.4, 0.5) is 0 Å². The highest BCUT2D eigenvalue weighted by atomic mass is 35.5. The normalized spacial score (nSPS) is 26.9. The maximum absolute atomic E-state index is 13.0. The molecule has 0 radical (unpaired) electrons. The molecule has 2 nitrogen and oxygen atoms in total. The maximum Gasteiger partial charge on any atom is 0.228 e. The maximum atomic E-state index is 13.0. The van der Waals surface area contributed by atoms with Gasteiger partial charge in [-0.05, 0) is 43.9 Å². The predicted molar refractivity (Wildman–Crippen MR) is 80.4 cm³/mol. The third-order valence-corrected chi connectivity index (χ3v) is 5.27. The van der Waals surface area contributed by atoms with Crippen molar-refractivity contribution in [1.82, 2.24) is 4.90 Å². The van der Waals surface area contributed by atoms with Gasteiger partial charge in [-0.25, -0.2) is 0 Å². The zero-order valence-electron chi connectivity index (χ0n) is 12.5. The van der Waals surface area contributed by atoms with Crippen molar-refractivity contribution in [1.29, 1.82) is 0 Å². The van der Waals surface area contributed by atoms with E-state index in [-0.39, 0.29) is 5.41 Å². The van der Waals surface area contributed by atoms with Crippen LogP contribution in [0.15, 0.2) is 0 Å². The van der Waals surface area contributed by atoms with Crippen molar-refractivity contribution in [3.63, 3.8) is 0 Å². The molecule has 1 aliphatic heterocycles. The van der Waals surface area contributed by atoms with Gasteiger partial charge in [-0.1, -0.05) is 26.7 Å². The summed E-state index contributed by atoms with van der Waals surface area (Å²) in [5, 5.41) is 0. The second-order valence-corrected chi connectivity index (χ2v) is 7.31. The van der Waals surface area contributed by atoms with Gasteiger partial charge >= 0.3 is 0 Å². The van der Waals surface area contributed by atoms with Crippen molar-refractivity contribution < 1.29 is 4.79 Å². The third kappa shape index (κ3) is 3.45. The summed E-state index contributed by atoms with van der Waals surface area (Å²) in [6, 6.07) is 0. The van der Waals surface area contributed by atoms with E-state index in [0.717, 1.165) is 38.8 Å². The van der Waals surface area contributed by atoms with E-state index >= 15 is 0 Å². The Morgan fingerprint density at radius 1 is 1.32 bits per heavy atom. The molecule has 3 heteroatoms. The van der Waals surface area contributed by atoms with Crippen LogP contribution >= 0.6 is 11.6 Å². The summed E-state index contributed by atoms with van der Waals surface area (Å²) in [7, 11) is 0. The van der Waals surface area contributed by atoms with Crippen LogP contribution in [-0.4, -0.2) is 29.8 Å². The number of carbonyl (C=O) groups excluding carboxylic acids is 1. The summed E-state index contributed by atoms with van der Waals surface area (Å²) in [5.74, 6) is 2.25. The first-order chi connectivity index (χ1) is 9.07. The number of nitrogens with zero attached hydrogens (tertiary/aromatic N) is 1. The van der Waals surface area contributed by atoms with Crippen molar-refractivity contribution in [3.8, 4) is 0 Å². The van der Waals surface area contributed by atoms with E-state index in [9.17, 15) is 4.79 Å². The fraction of sp³-hybridized carbons (Fsp3) is 0.938. The Hall–Kier alpha value is -0.240. The molecular formula is C16H28ClNO. The molecule has 1 aliphatic carbocycles. The minimum atomic E-state index is -0.0393. The van der Waals surface area contributed by atoms with Crippen molar-refractivity contribution in [3.05, 3.63) is 0 Å². The van der Waals surface area contributed by atoms with E-state index in [2.05, 4.69) is 18.7 Å². The van der Waals surface area contributed by atoms with Gasteiger partial charge in [0.15, 0.2) is 0 Å². The Labute approximate surface area is 122 Å². The number of hydrogen-bond donors (Lipinski definition) is 0. The van der Waals surface area contributed by atoms with Crippen LogP contribution in [0, 0.1) is 17.3 Å². The first kappa shape index (κ1) is 15.2. The summed E-state index contributed by atoms with van der Waals surface area (Å²) in [5.41, 5.74) is -0.0393. The van der Waals surface area contributed by atoms with Crippen LogP contribution in [-0.2, 0) is 4.79 Å². The first-order valence-electron chi connectivity index (χ1n) is 7.93. The molecule has 1 saturated heterocycles. The number of hydrogen-bond acceptors (Lipinski definition) is 1. The Kier molecular flexibility index (Phi) is 5.16. The fourth-order valence-electron chi connectivity index (χ4n) is 4.05. The summed E-state index contributed by atoms with van der Waals surface area (Å²) in [6.45, 7) is 6.32. The van der Waals surface area contributed by atoms with E-state index < -0.39 is 0 Å². The molecule has 0 aromatic carbocycles. The number of likely N-dealkylation sites (tertiary alicyclic amines) is 1. The lowest BCUT2D eigenvalue weighted by molar-refractivity contribution is -0.144. The van der Waals surface area contributed by atoms with E-state index in [4.69, 9.17) is 11.6 Å². The van der Waals surface area contributed by atoms with E-state index in [1.54, 1.807) is 0 Å². The lowest BCUT2D eigenvalue weighted by Crippen LogP contribution is -2.48. The topological polar surface area (TPSA) is 20.3 Å². The third-order valence-electron chi connectivity index (χ3n) is 4.84. The number of carbonyl (C=O) groups is 1. The van der Waals surface area contributed by atoms with Crippen LogP contribution in [0.3, 0.4) is 0 Å². The van der Waals surface area contributed by atoms with Crippen molar-refractivity contribution in [2.45, 2.75) is 58.8 Å². The average molecular weight is 286 g/mol. The van der Waals surface area contributed by atoms with Crippen LogP contribution in [0.25, 0.3) is 0 Å². The van der Waals surface area contributed by atoms with Gasteiger partial charge in [-0.2, -0.15) is 0 Å². The Morgan fingerprint density at radius 3 is 2.58 bits per heavy atom. The monoisotopic (exact) mass is 285 g/mol. The lowest BCUT2D eigenvalue weighted by atomic mass is 9.77. The number of piperidine rings is 1. The average Bonchev–Trinajstić information content (AvgIpc) is 2.86. The van der Waals surface area contributed by atoms with Crippen molar-refractivity contribution >= 4 is 17.5 Å². The molecule has 0 aromatic rings. The summed E-state index contributed by atoms with van der Waals surface area (Å²) < 4.78 is 0. The van der Waals surface area contributed by atoms with E-state index in [1.807, 2.05) is 0 Å². The Balaban J connectivity index is 2.06. The van der Waals surface area contributed by atoms with Gasteiger partial charge in [-0.15, -0.1) is 11.6 Å². The molecule has 1 unspecified atom stereocenters. The molecule has 1 saturated carbocycles. The minimum Gasteiger partial charge on any atom is -0.342 e. The van der Waals surface area contributed by atoms with Gasteiger partial charge in [0.2, 0.25) is 5.91 Å². The highest BCUT2D eigenvalue weighted by Gasteiger charge is 2.44. The summed E-state index contributed by atoms with van der Waals surface area (Å²) in [6.07, 6.45) is 8.04. The standard InChI is InChI=1S/C16H28ClNO/c1-13(2)10-16(7-3-4-8-16)15(19)18-9-5-6-14(11-17)12-18/h13-14H,3-12H2,1-2H3. The molecule has 1 amide bonds. The molecule has 0 bridgehead atoms. The van der Waals surface area contributed by atoms with Gasteiger partial charge in [-0.3, -0.25) is 4.79 Å². The predicted octanol–water partition coefficient (Wildman–Crippen LogP) is 4.07. The number of rotatable bonds is 4. The number of halogens is 1. The number of amides is 1. The highest BCUT2D eigenvalue weighted by Crippen LogP contribution is 2.45. The molecule has 110 valence electrons. The van der Waals surface area contributed by atoms with Gasteiger partial charge in [0.25, 0.3) is 0 Å². The van der Waals surface area contributed by atoms with Gasteiger partial charge in [0, 0.05) is 24.4 Å². The van der Waals surface area contributed by atoms with Gasteiger partial charge in [0.1, 0.15) is 0 Å². The quantitative estimate of drug-likeness (QED) is 0.713. The molecule has 2 aliphatic rings. The largest absolute Gasteiger partial charge is 0.342 e. The molecule has 2 fully saturated rings. The van der Waals surface area contributed by atoms with Crippen molar-refractivity contribution in [2.24, 2.45) is 17.3 Å². The van der Waals surface area contributed by atoms with Crippen LogP contribution in [0.1, 0.15) is 58.8 Å². The first-order valence-corrected chi connectivity index (χ1v) is 8.46. The second-order valence-electron chi connectivity index (χ2n) is 7.00. The molecule has 1 heterocycles. The molecular weight excluding hydrogens is 258 g/mol. The Morgan fingerprint density at radius 2 is 2.00 bits per heavy atom. The summed E-state index contributed by atoms with van der Waals surface area (Å²) in [4.78, 5) is 15.1. The lowest BCUT2D eigenvalue weighted by Gasteiger charge is -2.39. The van der Waals surface area contributed by atoms with Gasteiger partial charge < -0.3 is 4.90 Å². The zero-order valence-corrected chi connectivity index (χ0v) is 13.2. The van der Waals surface area contributed by atoms with Crippen LogP contribution < -0.4 is 0 Å². The zero-order chi connectivity index (χ0) is 13.9. The molecule has 2 rings (SSSR count). The molecule has 19 heavy (non-hydrogen) atoms. The number of alkyl halides is 1. The van der Waals surface area contributed by atoms with Crippen LogP contribution in [0.2, 0.25) is 0 Å². The molecule has 0 spiro atoms. The molecule has 0 aromatic heterocycles. The minimum absolute atomic E-state index is 0.0393. The molecule has 1 atom stereocenters. The SMILES string of the molecule is CC(C)CC1(C(=O)N2CCCC(CCl)C2)CCCC1. The smallest absolute Gasteiger partial charge is 0.228 e. The highest BCUT2D eigenvalue weighted by molar-refractivity contribution is 6.18. The van der Waals surface area contributed by atoms with Crippen LogP contribution in [0.5, 0.6) is 0 Å². The Bertz CT molecular complexity index is 310. The fourth-order valence-corrected chi connectivity index (χ4v) is 4.30. The van der Waals surface area contributed by atoms with E-state index in [0.29, 0.717) is 23.6 Å². The second kappa shape index (κ2) is 6.47. The van der Waals surface area contributed by atoms with Crippen molar-refractivity contribution in [2.75, 3.05) is 19.0 Å².